The largest absolute Gasteiger partial charge is 0.379 e. The highest BCUT2D eigenvalue weighted by Crippen LogP contribution is 2.40. The number of ether oxygens (including phenoxy) is 1. The van der Waals surface area contributed by atoms with Gasteiger partial charge in [-0.1, -0.05) is 13.8 Å². The molecule has 5 nitrogen and oxygen atoms in total. The highest BCUT2D eigenvalue weighted by Gasteiger charge is 2.51. The van der Waals surface area contributed by atoms with E-state index in [2.05, 4.69) is 19.2 Å². The van der Waals surface area contributed by atoms with Crippen LogP contribution in [-0.4, -0.2) is 48.6 Å². The topological polar surface area (TPSA) is 58.6 Å². The molecule has 2 saturated carbocycles. The Balaban J connectivity index is 1.62. The lowest BCUT2D eigenvalue weighted by atomic mass is 10.0. The van der Waals surface area contributed by atoms with Crippen LogP contribution in [0.4, 0.5) is 0 Å². The highest BCUT2D eigenvalue weighted by atomic mass is 16.5. The molecule has 1 aliphatic heterocycles. The Hall–Kier alpha value is -1.10. The fourth-order valence-corrected chi connectivity index (χ4v) is 3.12. The van der Waals surface area contributed by atoms with E-state index in [0.29, 0.717) is 37.5 Å². The third-order valence-electron chi connectivity index (χ3n) is 4.54. The van der Waals surface area contributed by atoms with Gasteiger partial charge in [-0.05, 0) is 43.4 Å². The van der Waals surface area contributed by atoms with Crippen LogP contribution in [0.1, 0.15) is 39.5 Å². The molecule has 0 aromatic carbocycles. The lowest BCUT2D eigenvalue weighted by molar-refractivity contribution is -0.151. The number of amides is 2. The van der Waals surface area contributed by atoms with E-state index in [1.165, 1.54) is 0 Å². The second-order valence-electron chi connectivity index (χ2n) is 7.11. The normalized spacial score (nSPS) is 30.0. The van der Waals surface area contributed by atoms with Gasteiger partial charge in [0.15, 0.2) is 0 Å². The van der Waals surface area contributed by atoms with Crippen molar-refractivity contribution in [2.75, 3.05) is 19.8 Å². The van der Waals surface area contributed by atoms with E-state index in [-0.39, 0.29) is 23.9 Å². The Kier molecular flexibility index (Phi) is 4.20. The van der Waals surface area contributed by atoms with E-state index in [9.17, 15) is 9.59 Å². The minimum atomic E-state index is -0.280. The van der Waals surface area contributed by atoms with E-state index >= 15 is 0 Å². The van der Waals surface area contributed by atoms with Crippen LogP contribution in [0.5, 0.6) is 0 Å². The molecule has 1 saturated heterocycles. The summed E-state index contributed by atoms with van der Waals surface area (Å²) >= 11 is 0. The molecule has 1 N–H and O–H groups in total. The Labute approximate surface area is 126 Å². The number of nitrogens with zero attached hydrogens (tertiary/aromatic N) is 1. The summed E-state index contributed by atoms with van der Waals surface area (Å²) in [7, 11) is 0. The van der Waals surface area contributed by atoms with Crippen molar-refractivity contribution in [3.05, 3.63) is 0 Å². The third-order valence-corrected chi connectivity index (χ3v) is 4.54. The lowest BCUT2D eigenvalue weighted by Gasteiger charge is -2.39. The van der Waals surface area contributed by atoms with Gasteiger partial charge in [-0.2, -0.15) is 0 Å². The van der Waals surface area contributed by atoms with Gasteiger partial charge in [-0.15, -0.1) is 0 Å². The molecular formula is C16H26N2O3. The van der Waals surface area contributed by atoms with Crippen LogP contribution in [-0.2, 0) is 14.3 Å². The Morgan fingerprint density at radius 1 is 1.19 bits per heavy atom. The Morgan fingerprint density at radius 2 is 1.86 bits per heavy atom. The molecule has 118 valence electrons. The van der Waals surface area contributed by atoms with Crippen molar-refractivity contribution in [2.45, 2.75) is 51.6 Å². The minimum Gasteiger partial charge on any atom is -0.379 e. The van der Waals surface area contributed by atoms with Gasteiger partial charge in [0.2, 0.25) is 11.8 Å². The van der Waals surface area contributed by atoms with Crippen molar-refractivity contribution >= 4 is 11.8 Å². The van der Waals surface area contributed by atoms with Gasteiger partial charge in [0.05, 0.1) is 6.61 Å². The number of piperazine rings is 1. The second kappa shape index (κ2) is 5.95. The van der Waals surface area contributed by atoms with Crippen molar-refractivity contribution in [2.24, 2.45) is 17.8 Å². The fourth-order valence-electron chi connectivity index (χ4n) is 3.12. The first-order valence-corrected chi connectivity index (χ1v) is 8.26. The molecular weight excluding hydrogens is 268 g/mol. The van der Waals surface area contributed by atoms with Gasteiger partial charge in [-0.3, -0.25) is 9.59 Å². The van der Waals surface area contributed by atoms with E-state index in [0.717, 1.165) is 25.7 Å². The van der Waals surface area contributed by atoms with Gasteiger partial charge >= 0.3 is 0 Å². The summed E-state index contributed by atoms with van der Waals surface area (Å²) in [4.78, 5) is 26.9. The summed E-state index contributed by atoms with van der Waals surface area (Å²) in [6.07, 6.45) is 4.23. The van der Waals surface area contributed by atoms with Crippen molar-refractivity contribution in [3.63, 3.8) is 0 Å². The smallest absolute Gasteiger partial charge is 0.246 e. The zero-order chi connectivity index (χ0) is 15.0. The first-order chi connectivity index (χ1) is 10.1. The zero-order valence-corrected chi connectivity index (χ0v) is 13.0. The number of hydrogen-bond acceptors (Lipinski definition) is 3. The maximum absolute atomic E-state index is 12.7. The lowest BCUT2D eigenvalue weighted by Crippen LogP contribution is -2.65. The van der Waals surface area contributed by atoms with Crippen LogP contribution < -0.4 is 5.32 Å². The standard InChI is InChI=1S/C16H26N2O3/c1-10(2)9-21-8-7-18-14(12-5-6-12)15(19)17-13(16(18)20)11-3-4-11/h10-14H,3-9H2,1-2H3,(H,17,19). The number of carbonyl (C=O) groups excluding carboxylic acids is 2. The summed E-state index contributed by atoms with van der Waals surface area (Å²) in [5.74, 6) is 1.38. The SMILES string of the molecule is CC(C)COCCN1C(=O)C(C2CC2)NC(=O)C1C1CC1. The van der Waals surface area contributed by atoms with Gasteiger partial charge < -0.3 is 15.0 Å². The van der Waals surface area contributed by atoms with Crippen molar-refractivity contribution in [1.82, 2.24) is 10.2 Å². The minimum absolute atomic E-state index is 0.0536. The van der Waals surface area contributed by atoms with Crippen molar-refractivity contribution in [3.8, 4) is 0 Å². The molecule has 0 aromatic rings. The molecule has 0 aromatic heterocycles. The number of rotatable bonds is 7. The van der Waals surface area contributed by atoms with Crippen LogP contribution >= 0.6 is 0 Å². The number of hydrogen-bond donors (Lipinski definition) is 1. The molecule has 2 amide bonds. The number of nitrogens with one attached hydrogen (secondary N) is 1. The van der Waals surface area contributed by atoms with Gasteiger partial charge in [0.1, 0.15) is 12.1 Å². The quantitative estimate of drug-likeness (QED) is 0.717. The summed E-state index contributed by atoms with van der Waals surface area (Å²) in [6.45, 7) is 5.99. The molecule has 2 aliphatic carbocycles. The van der Waals surface area contributed by atoms with Crippen LogP contribution in [0.2, 0.25) is 0 Å². The molecule has 5 heteroatoms. The van der Waals surface area contributed by atoms with Crippen LogP contribution in [0.3, 0.4) is 0 Å². The first-order valence-electron chi connectivity index (χ1n) is 8.26. The summed E-state index contributed by atoms with van der Waals surface area (Å²) in [5.41, 5.74) is 0. The molecule has 3 aliphatic rings. The fraction of sp³-hybridized carbons (Fsp3) is 0.875. The molecule has 2 unspecified atom stereocenters. The highest BCUT2D eigenvalue weighted by molar-refractivity contribution is 5.97. The average molecular weight is 294 g/mol. The summed E-state index contributed by atoms with van der Waals surface area (Å²) < 4.78 is 5.62. The molecule has 21 heavy (non-hydrogen) atoms. The monoisotopic (exact) mass is 294 g/mol. The van der Waals surface area contributed by atoms with Crippen LogP contribution in [0.25, 0.3) is 0 Å². The van der Waals surface area contributed by atoms with E-state index in [1.54, 1.807) is 4.90 Å². The van der Waals surface area contributed by atoms with E-state index in [1.807, 2.05) is 0 Å². The van der Waals surface area contributed by atoms with Crippen LogP contribution in [0.15, 0.2) is 0 Å². The Bertz CT molecular complexity index is 416. The molecule has 3 fully saturated rings. The average Bonchev–Trinajstić information content (AvgIpc) is 3.28. The van der Waals surface area contributed by atoms with Gasteiger partial charge in [0, 0.05) is 13.2 Å². The van der Waals surface area contributed by atoms with Crippen molar-refractivity contribution < 1.29 is 14.3 Å². The van der Waals surface area contributed by atoms with Gasteiger partial charge in [0.25, 0.3) is 0 Å². The predicted molar refractivity (Wildman–Crippen MR) is 78.5 cm³/mol. The van der Waals surface area contributed by atoms with Gasteiger partial charge in [-0.25, -0.2) is 0 Å². The molecule has 1 heterocycles. The van der Waals surface area contributed by atoms with Crippen LogP contribution in [0, 0.1) is 17.8 Å². The molecule has 2 atom stereocenters. The Morgan fingerprint density at radius 3 is 2.43 bits per heavy atom. The zero-order valence-electron chi connectivity index (χ0n) is 13.0. The number of carbonyl (C=O) groups is 2. The molecule has 0 radical (unpaired) electrons. The summed E-state index contributed by atoms with van der Waals surface area (Å²) in [5, 5.41) is 2.97. The first kappa shape index (κ1) is 14.8. The molecule has 0 spiro atoms. The second-order valence-corrected chi connectivity index (χ2v) is 7.11. The maximum atomic E-state index is 12.7. The van der Waals surface area contributed by atoms with E-state index in [4.69, 9.17) is 4.74 Å². The van der Waals surface area contributed by atoms with E-state index < -0.39 is 0 Å². The summed E-state index contributed by atoms with van der Waals surface area (Å²) in [6, 6.07) is -0.534. The third kappa shape index (κ3) is 3.39. The molecule has 0 bridgehead atoms. The van der Waals surface area contributed by atoms with Crippen molar-refractivity contribution in [1.29, 1.82) is 0 Å². The predicted octanol–water partition coefficient (Wildman–Crippen LogP) is 1.17. The maximum Gasteiger partial charge on any atom is 0.246 e. The molecule has 3 rings (SSSR count).